The number of morpholine rings is 1. The molecule has 4 rings (SSSR count). The van der Waals surface area contributed by atoms with Gasteiger partial charge in [-0.1, -0.05) is 61.4 Å². The van der Waals surface area contributed by atoms with E-state index in [9.17, 15) is 0 Å². The average molecular weight is 387 g/mol. The Kier molecular flexibility index (Phi) is 6.82. The molecule has 2 fully saturated rings. The largest absolute Gasteiger partial charge is 0.379 e. The summed E-state index contributed by atoms with van der Waals surface area (Å²) in [6, 6.07) is 10.7. The molecule has 2 aromatic rings. The van der Waals surface area contributed by atoms with E-state index in [-0.39, 0.29) is 0 Å². The first-order valence-corrected chi connectivity index (χ1v) is 11.3. The Balaban J connectivity index is 1.46. The Morgan fingerprint density at radius 2 is 1.78 bits per heavy atom. The van der Waals surface area contributed by atoms with Crippen LogP contribution >= 0.6 is 11.8 Å². The zero-order valence-electron chi connectivity index (χ0n) is 16.1. The summed E-state index contributed by atoms with van der Waals surface area (Å²) in [7, 11) is 0. The highest BCUT2D eigenvalue weighted by atomic mass is 32.2. The van der Waals surface area contributed by atoms with Crippen molar-refractivity contribution in [1.82, 2.24) is 19.7 Å². The van der Waals surface area contributed by atoms with E-state index in [4.69, 9.17) is 4.74 Å². The fraction of sp³-hybridized carbons (Fsp3) is 0.619. The van der Waals surface area contributed by atoms with Crippen molar-refractivity contribution in [3.05, 3.63) is 41.7 Å². The van der Waals surface area contributed by atoms with E-state index in [0.29, 0.717) is 5.92 Å². The summed E-state index contributed by atoms with van der Waals surface area (Å²) in [5.74, 6) is 2.83. The minimum absolute atomic E-state index is 0.573. The minimum Gasteiger partial charge on any atom is -0.379 e. The molecule has 27 heavy (non-hydrogen) atoms. The molecule has 0 N–H and O–H groups in total. The van der Waals surface area contributed by atoms with E-state index in [2.05, 4.69) is 50.0 Å². The van der Waals surface area contributed by atoms with Crippen LogP contribution in [0.1, 0.15) is 49.4 Å². The molecule has 0 atom stereocenters. The van der Waals surface area contributed by atoms with Gasteiger partial charge < -0.3 is 9.30 Å². The van der Waals surface area contributed by atoms with Gasteiger partial charge in [-0.05, 0) is 18.4 Å². The molecular formula is C21H30N4OS. The maximum Gasteiger partial charge on any atom is 0.191 e. The number of nitrogens with zero attached hydrogens (tertiary/aromatic N) is 4. The lowest BCUT2D eigenvalue weighted by atomic mass is 9.88. The summed E-state index contributed by atoms with van der Waals surface area (Å²) in [5.41, 5.74) is 1.32. The molecule has 0 spiro atoms. The average Bonchev–Trinajstić information content (AvgIpc) is 3.13. The SMILES string of the molecule is c1ccc(Cn2c(SCCN3CCOCC3)nnc2C2CCCCC2)cc1. The van der Waals surface area contributed by atoms with Gasteiger partial charge in [0, 0.05) is 31.3 Å². The topological polar surface area (TPSA) is 43.2 Å². The van der Waals surface area contributed by atoms with Crippen LogP contribution < -0.4 is 0 Å². The standard InChI is InChI=1S/C21H30N4OS/c1-3-7-18(8-4-1)17-25-20(19-9-5-2-6-10-19)22-23-21(25)27-16-13-24-11-14-26-15-12-24/h1,3-4,7-8,19H,2,5-6,9-17H2. The first-order chi connectivity index (χ1) is 13.4. The fourth-order valence-corrected chi connectivity index (χ4v) is 5.02. The Hall–Kier alpha value is -1.37. The molecular weight excluding hydrogens is 356 g/mol. The summed E-state index contributed by atoms with van der Waals surface area (Å²) in [6.07, 6.45) is 6.52. The molecule has 2 aliphatic rings. The lowest BCUT2D eigenvalue weighted by Crippen LogP contribution is -2.37. The lowest BCUT2D eigenvalue weighted by Gasteiger charge is -2.26. The quantitative estimate of drug-likeness (QED) is 0.677. The van der Waals surface area contributed by atoms with E-state index >= 15 is 0 Å². The second-order valence-corrected chi connectivity index (χ2v) is 8.61. The monoisotopic (exact) mass is 386 g/mol. The summed E-state index contributed by atoms with van der Waals surface area (Å²) in [4.78, 5) is 2.48. The number of ether oxygens (including phenoxy) is 1. The molecule has 5 nitrogen and oxygen atoms in total. The van der Waals surface area contributed by atoms with Crippen molar-refractivity contribution in [3.8, 4) is 0 Å². The normalized spacial score (nSPS) is 19.4. The maximum atomic E-state index is 5.45. The molecule has 0 bridgehead atoms. The van der Waals surface area contributed by atoms with Crippen molar-refractivity contribution in [2.45, 2.75) is 49.7 Å². The molecule has 1 saturated heterocycles. The molecule has 146 valence electrons. The van der Waals surface area contributed by atoms with E-state index in [1.807, 2.05) is 11.8 Å². The van der Waals surface area contributed by atoms with Gasteiger partial charge in [0.05, 0.1) is 19.8 Å². The number of rotatable bonds is 7. The molecule has 2 heterocycles. The Morgan fingerprint density at radius 3 is 2.56 bits per heavy atom. The van der Waals surface area contributed by atoms with Crippen molar-refractivity contribution in [1.29, 1.82) is 0 Å². The van der Waals surface area contributed by atoms with Gasteiger partial charge in [-0.2, -0.15) is 0 Å². The number of thioether (sulfide) groups is 1. The molecule has 1 aliphatic heterocycles. The first-order valence-electron chi connectivity index (χ1n) is 10.3. The van der Waals surface area contributed by atoms with Gasteiger partial charge in [0.1, 0.15) is 5.82 Å². The van der Waals surface area contributed by atoms with Gasteiger partial charge in [-0.3, -0.25) is 4.90 Å². The number of hydrogen-bond acceptors (Lipinski definition) is 5. The molecule has 0 amide bonds. The van der Waals surface area contributed by atoms with Gasteiger partial charge in [-0.15, -0.1) is 10.2 Å². The Labute approximate surface area is 166 Å². The van der Waals surface area contributed by atoms with Crippen molar-refractivity contribution in [2.24, 2.45) is 0 Å². The highest BCUT2D eigenvalue weighted by Gasteiger charge is 2.23. The number of benzene rings is 1. The van der Waals surface area contributed by atoms with Crippen LogP contribution in [0.25, 0.3) is 0 Å². The number of hydrogen-bond donors (Lipinski definition) is 0. The third-order valence-corrected chi connectivity index (χ3v) is 6.59. The van der Waals surface area contributed by atoms with Crippen LogP contribution in [0.5, 0.6) is 0 Å². The third-order valence-electron chi connectivity index (χ3n) is 5.64. The third kappa shape index (κ3) is 5.12. The molecule has 1 aromatic heterocycles. The van der Waals surface area contributed by atoms with Gasteiger partial charge in [0.15, 0.2) is 5.16 Å². The van der Waals surface area contributed by atoms with Crippen LogP contribution in [-0.4, -0.2) is 58.3 Å². The van der Waals surface area contributed by atoms with Crippen molar-refractivity contribution < 1.29 is 4.74 Å². The van der Waals surface area contributed by atoms with Crippen LogP contribution in [0, 0.1) is 0 Å². The van der Waals surface area contributed by atoms with Gasteiger partial charge in [0.25, 0.3) is 0 Å². The van der Waals surface area contributed by atoms with Gasteiger partial charge in [-0.25, -0.2) is 0 Å². The second-order valence-electron chi connectivity index (χ2n) is 7.55. The predicted octanol–water partition coefficient (Wildman–Crippen LogP) is 3.80. The van der Waals surface area contributed by atoms with Crippen LogP contribution in [0.2, 0.25) is 0 Å². The molecule has 1 aliphatic carbocycles. The van der Waals surface area contributed by atoms with Crippen LogP contribution in [0.15, 0.2) is 35.5 Å². The van der Waals surface area contributed by atoms with E-state index in [1.54, 1.807) is 0 Å². The van der Waals surface area contributed by atoms with Gasteiger partial charge >= 0.3 is 0 Å². The van der Waals surface area contributed by atoms with E-state index in [0.717, 1.165) is 50.3 Å². The van der Waals surface area contributed by atoms with Gasteiger partial charge in [0.2, 0.25) is 0 Å². The highest BCUT2D eigenvalue weighted by molar-refractivity contribution is 7.99. The molecule has 0 unspecified atom stereocenters. The highest BCUT2D eigenvalue weighted by Crippen LogP contribution is 2.33. The smallest absolute Gasteiger partial charge is 0.191 e. The van der Waals surface area contributed by atoms with E-state index in [1.165, 1.54) is 43.5 Å². The van der Waals surface area contributed by atoms with Crippen LogP contribution in [0.4, 0.5) is 0 Å². The zero-order chi connectivity index (χ0) is 18.3. The Bertz CT molecular complexity index is 693. The molecule has 1 aromatic carbocycles. The van der Waals surface area contributed by atoms with E-state index < -0.39 is 0 Å². The second kappa shape index (κ2) is 9.71. The molecule has 1 saturated carbocycles. The summed E-state index contributed by atoms with van der Waals surface area (Å²) < 4.78 is 7.83. The molecule has 6 heteroatoms. The molecule has 0 radical (unpaired) electrons. The van der Waals surface area contributed by atoms with Crippen LogP contribution in [0.3, 0.4) is 0 Å². The zero-order valence-corrected chi connectivity index (χ0v) is 16.9. The summed E-state index contributed by atoms with van der Waals surface area (Å²) >= 11 is 1.85. The number of aromatic nitrogens is 3. The maximum absolute atomic E-state index is 5.45. The fourth-order valence-electron chi connectivity index (χ4n) is 4.07. The summed E-state index contributed by atoms with van der Waals surface area (Å²) in [6.45, 7) is 5.78. The Morgan fingerprint density at radius 1 is 1.00 bits per heavy atom. The minimum atomic E-state index is 0.573. The predicted molar refractivity (Wildman–Crippen MR) is 109 cm³/mol. The van der Waals surface area contributed by atoms with Crippen molar-refractivity contribution >= 4 is 11.8 Å². The van der Waals surface area contributed by atoms with Crippen LogP contribution in [-0.2, 0) is 11.3 Å². The first kappa shape index (κ1) is 19.0. The lowest BCUT2D eigenvalue weighted by molar-refractivity contribution is 0.0410. The summed E-state index contributed by atoms with van der Waals surface area (Å²) in [5, 5.41) is 10.3. The van der Waals surface area contributed by atoms with Crippen molar-refractivity contribution in [3.63, 3.8) is 0 Å². The van der Waals surface area contributed by atoms with Crippen molar-refractivity contribution in [2.75, 3.05) is 38.6 Å².